The summed E-state index contributed by atoms with van der Waals surface area (Å²) in [4.78, 5) is 0. The van der Waals surface area contributed by atoms with Crippen molar-refractivity contribution in [2.75, 3.05) is 0 Å². The van der Waals surface area contributed by atoms with E-state index in [9.17, 15) is 13.2 Å². The third kappa shape index (κ3) is 1.48. The Morgan fingerprint density at radius 2 is 2.00 bits per heavy atom. The summed E-state index contributed by atoms with van der Waals surface area (Å²) in [7, 11) is 0. The predicted octanol–water partition coefficient (Wildman–Crippen LogP) is 4.37. The average Bonchev–Trinajstić information content (AvgIpc) is 2.47. The molecule has 73 valence electrons. The Balaban J connectivity index is 2.76. The summed E-state index contributed by atoms with van der Waals surface area (Å²) in [5, 5.41) is 2.68. The van der Waals surface area contributed by atoms with Crippen LogP contribution in [0.25, 0.3) is 10.1 Å². The lowest BCUT2D eigenvalue weighted by Crippen LogP contribution is -2.03. The van der Waals surface area contributed by atoms with Crippen molar-refractivity contribution in [2.24, 2.45) is 0 Å². The summed E-state index contributed by atoms with van der Waals surface area (Å²) < 4.78 is 37.7. The van der Waals surface area contributed by atoms with E-state index in [4.69, 9.17) is 11.6 Å². The lowest BCUT2D eigenvalue weighted by atomic mass is 10.2. The highest BCUT2D eigenvalue weighted by atomic mass is 35.5. The first-order valence-corrected chi connectivity index (χ1v) is 4.85. The summed E-state index contributed by atoms with van der Waals surface area (Å²) >= 11 is 6.63. The summed E-state index contributed by atoms with van der Waals surface area (Å²) in [5.41, 5.74) is -0.736. The Hall–Kier alpha value is -0.740. The van der Waals surface area contributed by atoms with Crippen molar-refractivity contribution in [3.05, 3.63) is 34.2 Å². The fourth-order valence-electron chi connectivity index (χ4n) is 1.18. The van der Waals surface area contributed by atoms with Gasteiger partial charge >= 0.3 is 6.18 Å². The van der Waals surface area contributed by atoms with Gasteiger partial charge in [-0.25, -0.2) is 0 Å². The molecule has 0 aliphatic heterocycles. The zero-order chi connectivity index (χ0) is 10.3. The Morgan fingerprint density at radius 1 is 1.29 bits per heavy atom. The molecule has 0 nitrogen and oxygen atoms in total. The number of hydrogen-bond donors (Lipinski definition) is 0. The van der Waals surface area contributed by atoms with Gasteiger partial charge in [-0.1, -0.05) is 23.7 Å². The highest BCUT2D eigenvalue weighted by Gasteiger charge is 2.34. The predicted molar refractivity (Wildman–Crippen MR) is 50.7 cm³/mol. The van der Waals surface area contributed by atoms with Crippen LogP contribution in [0, 0.1) is 5.38 Å². The van der Waals surface area contributed by atoms with Crippen LogP contribution < -0.4 is 0 Å². The van der Waals surface area contributed by atoms with Gasteiger partial charge in [0.25, 0.3) is 0 Å². The van der Waals surface area contributed by atoms with Gasteiger partial charge < -0.3 is 0 Å². The quantitative estimate of drug-likeness (QED) is 0.636. The van der Waals surface area contributed by atoms with Gasteiger partial charge in [-0.3, -0.25) is 0 Å². The standard InChI is InChI=1S/C9H3ClF3S/c10-7-3-1-2-5-6(9(11,12)13)4-14-8(5)7/h1-3H. The molecule has 0 aliphatic rings. The van der Waals surface area contributed by atoms with Crippen molar-refractivity contribution in [3.8, 4) is 0 Å². The molecular weight excluding hydrogens is 233 g/mol. The number of hydrogen-bond acceptors (Lipinski definition) is 1. The third-order valence-corrected chi connectivity index (χ3v) is 3.15. The minimum atomic E-state index is -4.36. The first-order chi connectivity index (χ1) is 6.50. The van der Waals surface area contributed by atoms with Gasteiger partial charge in [-0.2, -0.15) is 13.2 Å². The summed E-state index contributed by atoms with van der Waals surface area (Å²) in [6.07, 6.45) is -4.36. The maximum absolute atomic E-state index is 12.4. The van der Waals surface area contributed by atoms with Gasteiger partial charge in [0.2, 0.25) is 0 Å². The minimum Gasteiger partial charge on any atom is -0.166 e. The van der Waals surface area contributed by atoms with Crippen molar-refractivity contribution in [2.45, 2.75) is 6.18 Å². The van der Waals surface area contributed by atoms with Gasteiger partial charge in [-0.15, -0.1) is 11.3 Å². The molecular formula is C9H3ClF3S. The van der Waals surface area contributed by atoms with Gasteiger partial charge in [0.05, 0.1) is 20.7 Å². The molecule has 0 fully saturated rings. The van der Waals surface area contributed by atoms with Crippen LogP contribution >= 0.6 is 22.9 Å². The molecule has 0 amide bonds. The molecule has 1 radical (unpaired) electrons. The van der Waals surface area contributed by atoms with Crippen molar-refractivity contribution in [3.63, 3.8) is 0 Å². The molecule has 5 heteroatoms. The van der Waals surface area contributed by atoms with Crippen molar-refractivity contribution in [1.29, 1.82) is 0 Å². The molecule has 1 aromatic heterocycles. The number of thiophene rings is 1. The highest BCUT2D eigenvalue weighted by Crippen LogP contribution is 2.40. The normalized spacial score (nSPS) is 12.3. The lowest BCUT2D eigenvalue weighted by molar-refractivity contribution is -0.136. The number of benzene rings is 1. The number of fused-ring (bicyclic) bond motifs is 1. The third-order valence-electron chi connectivity index (χ3n) is 1.77. The largest absolute Gasteiger partial charge is 0.418 e. The lowest BCUT2D eigenvalue weighted by Gasteiger charge is -2.03. The van der Waals surface area contributed by atoms with Crippen LogP contribution in [0.3, 0.4) is 0 Å². The maximum Gasteiger partial charge on any atom is 0.418 e. The molecule has 0 bridgehead atoms. The SMILES string of the molecule is FC(F)(F)c1[c]sc2c(Cl)cccc12. The zero-order valence-electron chi connectivity index (χ0n) is 6.65. The van der Waals surface area contributed by atoms with E-state index in [1.165, 1.54) is 12.1 Å². The van der Waals surface area contributed by atoms with Crippen molar-refractivity contribution < 1.29 is 13.2 Å². The topological polar surface area (TPSA) is 0 Å². The Bertz CT molecular complexity index is 472. The first-order valence-electron chi connectivity index (χ1n) is 3.66. The second-order valence-corrected chi connectivity index (χ2v) is 3.92. The zero-order valence-corrected chi connectivity index (χ0v) is 8.22. The number of alkyl halides is 3. The van der Waals surface area contributed by atoms with E-state index in [1.54, 1.807) is 6.07 Å². The molecule has 1 aromatic carbocycles. The van der Waals surface area contributed by atoms with E-state index in [1.807, 2.05) is 0 Å². The van der Waals surface area contributed by atoms with E-state index in [0.717, 1.165) is 11.3 Å². The maximum atomic E-state index is 12.4. The second kappa shape index (κ2) is 3.14. The smallest absolute Gasteiger partial charge is 0.166 e. The molecule has 2 rings (SSSR count). The van der Waals surface area contributed by atoms with Crippen LogP contribution in [0.15, 0.2) is 18.2 Å². The van der Waals surface area contributed by atoms with Crippen LogP contribution in [-0.4, -0.2) is 0 Å². The molecule has 2 aromatic rings. The summed E-state index contributed by atoms with van der Waals surface area (Å²) in [6, 6.07) is 4.46. The molecule has 1 heterocycles. The molecule has 0 aliphatic carbocycles. The molecule has 0 unspecified atom stereocenters. The van der Waals surface area contributed by atoms with Gasteiger partial charge in [0, 0.05) is 5.39 Å². The van der Waals surface area contributed by atoms with E-state index in [2.05, 4.69) is 5.38 Å². The molecule has 14 heavy (non-hydrogen) atoms. The van der Waals surface area contributed by atoms with Crippen molar-refractivity contribution >= 4 is 33.0 Å². The minimum absolute atomic E-state index is 0.120. The fourth-order valence-corrected chi connectivity index (χ4v) is 2.34. The first kappa shape index (κ1) is 9.80. The Kier molecular flexibility index (Phi) is 2.20. The molecule has 0 spiro atoms. The summed E-state index contributed by atoms with van der Waals surface area (Å²) in [6.45, 7) is 0. The van der Waals surface area contributed by atoms with Crippen LogP contribution in [-0.2, 0) is 6.18 Å². The Labute approximate surface area is 86.9 Å². The summed E-state index contributed by atoms with van der Waals surface area (Å²) in [5.74, 6) is 0. The monoisotopic (exact) mass is 235 g/mol. The fraction of sp³-hybridized carbons (Fsp3) is 0.111. The molecule has 0 saturated carbocycles. The van der Waals surface area contributed by atoms with E-state index in [0.29, 0.717) is 9.72 Å². The van der Waals surface area contributed by atoms with Crippen LogP contribution in [0.4, 0.5) is 13.2 Å². The molecule has 0 saturated heterocycles. The van der Waals surface area contributed by atoms with E-state index >= 15 is 0 Å². The average molecular weight is 236 g/mol. The van der Waals surface area contributed by atoms with E-state index < -0.39 is 11.7 Å². The number of halogens is 4. The molecule has 0 N–H and O–H groups in total. The van der Waals surface area contributed by atoms with E-state index in [-0.39, 0.29) is 5.39 Å². The van der Waals surface area contributed by atoms with Gasteiger partial charge in [0.15, 0.2) is 0 Å². The molecule has 0 atom stereocenters. The van der Waals surface area contributed by atoms with Gasteiger partial charge in [-0.05, 0) is 6.07 Å². The van der Waals surface area contributed by atoms with Crippen molar-refractivity contribution in [1.82, 2.24) is 0 Å². The van der Waals surface area contributed by atoms with Crippen LogP contribution in [0.5, 0.6) is 0 Å². The van der Waals surface area contributed by atoms with Crippen LogP contribution in [0.1, 0.15) is 5.56 Å². The van der Waals surface area contributed by atoms with Gasteiger partial charge in [0.1, 0.15) is 0 Å². The second-order valence-electron chi connectivity index (χ2n) is 2.69. The number of rotatable bonds is 0. The highest BCUT2D eigenvalue weighted by molar-refractivity contribution is 7.17. The Morgan fingerprint density at radius 3 is 2.64 bits per heavy atom. The van der Waals surface area contributed by atoms with Crippen LogP contribution in [0.2, 0.25) is 5.02 Å².